The number of anilines is 1. The number of hydrogen-bond acceptors (Lipinski definition) is 6. The van der Waals surface area contributed by atoms with Gasteiger partial charge in [0, 0.05) is 37.6 Å². The van der Waals surface area contributed by atoms with E-state index < -0.39 is 16.1 Å². The van der Waals surface area contributed by atoms with Crippen molar-refractivity contribution in [2.45, 2.75) is 32.4 Å². The number of benzene rings is 2. The lowest BCUT2D eigenvalue weighted by molar-refractivity contribution is -0.140. The van der Waals surface area contributed by atoms with Crippen LogP contribution in [0.3, 0.4) is 0 Å². The molecule has 0 bridgehead atoms. The van der Waals surface area contributed by atoms with Gasteiger partial charge in [-0.3, -0.25) is 13.9 Å². The van der Waals surface area contributed by atoms with Gasteiger partial charge in [-0.25, -0.2) is 8.42 Å². The highest BCUT2D eigenvalue weighted by atomic mass is 35.5. The van der Waals surface area contributed by atoms with E-state index in [4.69, 9.17) is 21.1 Å². The maximum atomic E-state index is 13.2. The topological polar surface area (TPSA) is 105 Å². The largest absolute Gasteiger partial charge is 0.486 e. The number of hydrogen-bond donors (Lipinski definition) is 1. The van der Waals surface area contributed by atoms with Crippen molar-refractivity contribution in [3.05, 3.63) is 53.1 Å². The van der Waals surface area contributed by atoms with Gasteiger partial charge < -0.3 is 19.7 Å². The molecular formula is C24H30ClN3O6S. The first-order valence-corrected chi connectivity index (χ1v) is 13.5. The highest BCUT2D eigenvalue weighted by molar-refractivity contribution is 7.92. The van der Waals surface area contributed by atoms with Gasteiger partial charge in [0.15, 0.2) is 11.5 Å². The fraction of sp³-hybridized carbons (Fsp3) is 0.417. The summed E-state index contributed by atoms with van der Waals surface area (Å²) in [5, 5.41) is 3.15. The molecule has 0 unspecified atom stereocenters. The predicted octanol–water partition coefficient (Wildman–Crippen LogP) is 2.82. The molecule has 11 heteroatoms. The van der Waals surface area contributed by atoms with Gasteiger partial charge in [-0.15, -0.1) is 0 Å². The number of nitrogens with zero attached hydrogens (tertiary/aromatic N) is 2. The van der Waals surface area contributed by atoms with Crippen LogP contribution in [-0.4, -0.2) is 64.2 Å². The van der Waals surface area contributed by atoms with E-state index >= 15 is 0 Å². The molecule has 0 saturated heterocycles. The van der Waals surface area contributed by atoms with Gasteiger partial charge in [0.05, 0.1) is 11.9 Å². The van der Waals surface area contributed by atoms with Crippen LogP contribution in [0.5, 0.6) is 11.5 Å². The van der Waals surface area contributed by atoms with Crippen molar-refractivity contribution in [1.82, 2.24) is 10.2 Å². The molecule has 0 fully saturated rings. The average Bonchev–Trinajstić information content (AvgIpc) is 2.84. The Hall–Kier alpha value is -2.98. The molecule has 35 heavy (non-hydrogen) atoms. The maximum absolute atomic E-state index is 13.2. The van der Waals surface area contributed by atoms with Gasteiger partial charge in [0.25, 0.3) is 0 Å². The van der Waals surface area contributed by atoms with E-state index in [0.29, 0.717) is 35.4 Å². The van der Waals surface area contributed by atoms with Crippen LogP contribution in [0.15, 0.2) is 42.5 Å². The number of likely N-dealkylation sites (N-methyl/N-ethyl adjacent to an activating group) is 1. The lowest BCUT2D eigenvalue weighted by atomic mass is 10.1. The lowest BCUT2D eigenvalue weighted by Gasteiger charge is -2.29. The maximum Gasteiger partial charge on any atom is 0.242 e. The number of nitrogens with one attached hydrogen (secondary N) is 1. The summed E-state index contributed by atoms with van der Waals surface area (Å²) in [6.45, 7) is 2.79. The first-order chi connectivity index (χ1) is 16.6. The molecule has 0 aliphatic carbocycles. The zero-order valence-electron chi connectivity index (χ0n) is 20.0. The molecular weight excluding hydrogens is 494 g/mol. The van der Waals surface area contributed by atoms with Crippen molar-refractivity contribution in [2.24, 2.45) is 0 Å². The number of carbonyl (C=O) groups excluding carboxylic acids is 2. The van der Waals surface area contributed by atoms with Crippen LogP contribution in [0.25, 0.3) is 0 Å². The van der Waals surface area contributed by atoms with E-state index in [-0.39, 0.29) is 37.7 Å². The molecule has 2 aromatic rings. The number of fused-ring (bicyclic) bond motifs is 1. The van der Waals surface area contributed by atoms with E-state index in [1.165, 1.54) is 16.3 Å². The van der Waals surface area contributed by atoms with E-state index in [1.54, 1.807) is 49.4 Å². The number of carbonyl (C=O) groups is 2. The van der Waals surface area contributed by atoms with Gasteiger partial charge in [0.1, 0.15) is 19.3 Å². The SMILES string of the molecule is CNC(=O)[C@@H](C)N(Cc1ccc(Cl)cc1)C(=O)CCCN(c1ccc2c(c1)OCCO2)S(C)(=O)=O. The smallest absolute Gasteiger partial charge is 0.242 e. The van der Waals surface area contributed by atoms with E-state index in [2.05, 4.69) is 5.32 Å². The van der Waals surface area contributed by atoms with Gasteiger partial charge in [0.2, 0.25) is 21.8 Å². The number of rotatable bonds is 10. The molecule has 1 atom stereocenters. The molecule has 0 spiro atoms. The van der Waals surface area contributed by atoms with Gasteiger partial charge in [-0.05, 0) is 43.2 Å². The number of amides is 2. The highest BCUT2D eigenvalue weighted by Crippen LogP contribution is 2.34. The number of sulfonamides is 1. The molecule has 1 aliphatic rings. The Labute approximate surface area is 211 Å². The molecule has 190 valence electrons. The summed E-state index contributed by atoms with van der Waals surface area (Å²) in [5.41, 5.74) is 1.26. The molecule has 3 rings (SSSR count). The monoisotopic (exact) mass is 523 g/mol. The molecule has 0 saturated carbocycles. The Morgan fingerprint density at radius 1 is 1.09 bits per heavy atom. The van der Waals surface area contributed by atoms with E-state index in [1.807, 2.05) is 0 Å². The van der Waals surface area contributed by atoms with Crippen LogP contribution < -0.4 is 19.1 Å². The van der Waals surface area contributed by atoms with Crippen molar-refractivity contribution < 1.29 is 27.5 Å². The summed E-state index contributed by atoms with van der Waals surface area (Å²) < 4.78 is 37.3. The molecule has 0 radical (unpaired) electrons. The van der Waals surface area contributed by atoms with Gasteiger partial charge in [-0.1, -0.05) is 23.7 Å². The summed E-state index contributed by atoms with van der Waals surface area (Å²) in [6, 6.07) is 11.3. The van der Waals surface area contributed by atoms with Crippen LogP contribution >= 0.6 is 11.6 Å². The minimum atomic E-state index is -3.61. The molecule has 1 aliphatic heterocycles. The van der Waals surface area contributed by atoms with Crippen LogP contribution in [0.4, 0.5) is 5.69 Å². The summed E-state index contributed by atoms with van der Waals surface area (Å²) >= 11 is 5.96. The second-order valence-electron chi connectivity index (χ2n) is 8.20. The van der Waals surface area contributed by atoms with Crippen molar-refractivity contribution >= 4 is 39.1 Å². The fourth-order valence-electron chi connectivity index (χ4n) is 3.77. The Bertz CT molecular complexity index is 1160. The zero-order chi connectivity index (χ0) is 25.6. The number of halogens is 1. The Morgan fingerprint density at radius 2 is 1.74 bits per heavy atom. The van der Waals surface area contributed by atoms with Crippen molar-refractivity contribution in [3.63, 3.8) is 0 Å². The van der Waals surface area contributed by atoms with Crippen LogP contribution in [0, 0.1) is 0 Å². The second-order valence-corrected chi connectivity index (χ2v) is 10.5. The standard InChI is InChI=1S/C24H30ClN3O6S/c1-17(24(30)26-2)27(16-18-6-8-19(25)9-7-18)23(29)5-4-12-28(35(3,31)32)20-10-11-21-22(15-20)34-14-13-33-21/h6-11,15,17H,4-5,12-14,16H2,1-3H3,(H,26,30)/t17-/m1/s1. The quantitative estimate of drug-likeness (QED) is 0.513. The molecule has 1 N–H and O–H groups in total. The van der Waals surface area contributed by atoms with E-state index in [0.717, 1.165) is 11.8 Å². The Kier molecular flexibility index (Phi) is 8.85. The fourth-order valence-corrected chi connectivity index (χ4v) is 4.85. The van der Waals surface area contributed by atoms with Crippen molar-refractivity contribution in [3.8, 4) is 11.5 Å². The summed E-state index contributed by atoms with van der Waals surface area (Å²) in [5.74, 6) is 0.490. The van der Waals surface area contributed by atoms with Crippen molar-refractivity contribution in [1.29, 1.82) is 0 Å². The average molecular weight is 524 g/mol. The van der Waals surface area contributed by atoms with Gasteiger partial charge in [-0.2, -0.15) is 0 Å². The molecule has 0 aromatic heterocycles. The third kappa shape index (κ3) is 7.02. The lowest BCUT2D eigenvalue weighted by Crippen LogP contribution is -2.46. The summed E-state index contributed by atoms with van der Waals surface area (Å²) in [4.78, 5) is 26.9. The Balaban J connectivity index is 1.72. The molecule has 9 nitrogen and oxygen atoms in total. The highest BCUT2D eigenvalue weighted by Gasteiger charge is 2.26. The van der Waals surface area contributed by atoms with Crippen LogP contribution in [0.1, 0.15) is 25.3 Å². The number of ether oxygens (including phenoxy) is 2. The minimum absolute atomic E-state index is 0.0610. The summed E-state index contributed by atoms with van der Waals surface area (Å²) in [7, 11) is -2.10. The van der Waals surface area contributed by atoms with Gasteiger partial charge >= 0.3 is 0 Å². The van der Waals surface area contributed by atoms with E-state index in [9.17, 15) is 18.0 Å². The first kappa shape index (κ1) is 26.6. The van der Waals surface area contributed by atoms with Crippen LogP contribution in [0.2, 0.25) is 5.02 Å². The molecule has 1 heterocycles. The van der Waals surface area contributed by atoms with Crippen LogP contribution in [-0.2, 0) is 26.2 Å². The minimum Gasteiger partial charge on any atom is -0.486 e. The predicted molar refractivity (Wildman–Crippen MR) is 134 cm³/mol. The van der Waals surface area contributed by atoms with Crippen molar-refractivity contribution in [2.75, 3.05) is 37.4 Å². The molecule has 2 aromatic carbocycles. The normalized spacial score (nSPS) is 13.6. The summed E-state index contributed by atoms with van der Waals surface area (Å²) in [6.07, 6.45) is 1.44. The Morgan fingerprint density at radius 3 is 2.37 bits per heavy atom. The third-order valence-corrected chi connectivity index (χ3v) is 7.09. The third-order valence-electron chi connectivity index (χ3n) is 5.65. The molecule has 2 amide bonds. The second kappa shape index (κ2) is 11.6. The first-order valence-electron chi connectivity index (χ1n) is 11.2. The zero-order valence-corrected chi connectivity index (χ0v) is 21.6.